The van der Waals surface area contributed by atoms with Gasteiger partial charge in [-0.05, 0) is 65.8 Å². The first-order valence-electron chi connectivity index (χ1n) is 12.4. The number of hydrogen-bond donors (Lipinski definition) is 2. The zero-order chi connectivity index (χ0) is 27.0. The predicted octanol–water partition coefficient (Wildman–Crippen LogP) is 3.14. The first-order valence-corrected chi connectivity index (χ1v) is 12.4. The van der Waals surface area contributed by atoms with E-state index < -0.39 is 31.1 Å². The first kappa shape index (κ1) is 25.8. The van der Waals surface area contributed by atoms with E-state index >= 15 is 0 Å². The van der Waals surface area contributed by atoms with Gasteiger partial charge in [-0.1, -0.05) is 6.07 Å². The van der Waals surface area contributed by atoms with Crippen molar-refractivity contribution in [2.45, 2.75) is 37.7 Å². The van der Waals surface area contributed by atoms with Crippen LogP contribution in [0.2, 0.25) is 0 Å². The molecule has 1 saturated carbocycles. The third-order valence-corrected chi connectivity index (χ3v) is 7.09. The molecule has 2 fully saturated rings. The number of aliphatic hydroxyl groups is 1. The zero-order valence-corrected chi connectivity index (χ0v) is 21.1. The minimum Gasteiger partial charge on any atom is -0.484 e. The van der Waals surface area contributed by atoms with Gasteiger partial charge >= 0.3 is 5.92 Å². The third kappa shape index (κ3) is 5.38. The first-order chi connectivity index (χ1) is 18.1. The number of pyridine rings is 1. The molecule has 5 rings (SSSR count). The molecule has 1 aliphatic heterocycles. The lowest BCUT2D eigenvalue weighted by Gasteiger charge is -2.38. The van der Waals surface area contributed by atoms with Crippen LogP contribution in [0.5, 0.6) is 5.75 Å². The van der Waals surface area contributed by atoms with E-state index in [-0.39, 0.29) is 30.7 Å². The smallest absolute Gasteiger partial charge is 0.301 e. The predicted molar refractivity (Wildman–Crippen MR) is 135 cm³/mol. The quantitative estimate of drug-likeness (QED) is 0.491. The number of anilines is 1. The molecule has 0 radical (unpaired) electrons. The number of carbonyl (C=O) groups is 2. The number of rotatable bonds is 7. The number of alkyl halides is 2. The van der Waals surface area contributed by atoms with Gasteiger partial charge in [-0.3, -0.25) is 14.3 Å². The molecule has 2 aliphatic rings. The van der Waals surface area contributed by atoms with E-state index in [1.165, 1.54) is 0 Å². The molecule has 200 valence electrons. The number of nitrogens with one attached hydrogen (secondary N) is 1. The van der Waals surface area contributed by atoms with Crippen LogP contribution in [0.3, 0.4) is 0 Å². The number of hydrogen-bond acceptors (Lipinski definition) is 6. The molecule has 1 aromatic carbocycles. The van der Waals surface area contributed by atoms with Gasteiger partial charge in [0.1, 0.15) is 18.2 Å². The fourth-order valence-corrected chi connectivity index (χ4v) is 4.87. The number of aryl methyl sites for hydroxylation is 2. The molecule has 3 heterocycles. The minimum absolute atomic E-state index is 0.0457. The van der Waals surface area contributed by atoms with Crippen LogP contribution in [-0.2, 0) is 16.6 Å². The molecule has 3 atom stereocenters. The van der Waals surface area contributed by atoms with Crippen molar-refractivity contribution in [2.75, 3.05) is 25.0 Å². The van der Waals surface area contributed by atoms with Crippen LogP contribution >= 0.6 is 0 Å². The van der Waals surface area contributed by atoms with Gasteiger partial charge in [0.25, 0.3) is 0 Å². The average Bonchev–Trinajstić information content (AvgIpc) is 3.58. The van der Waals surface area contributed by atoms with Crippen molar-refractivity contribution in [1.29, 1.82) is 0 Å². The molecule has 0 unspecified atom stereocenters. The van der Waals surface area contributed by atoms with Crippen molar-refractivity contribution in [3.8, 4) is 16.9 Å². The number of piperidine rings is 1. The van der Waals surface area contributed by atoms with Crippen molar-refractivity contribution >= 4 is 17.6 Å². The Balaban J connectivity index is 1.23. The number of aromatic nitrogens is 3. The highest BCUT2D eigenvalue weighted by Crippen LogP contribution is 2.47. The molecule has 1 aliphatic carbocycles. The molecule has 2 amide bonds. The monoisotopic (exact) mass is 525 g/mol. The van der Waals surface area contributed by atoms with Gasteiger partial charge in [0, 0.05) is 38.3 Å². The van der Waals surface area contributed by atoms with Crippen molar-refractivity contribution in [3.63, 3.8) is 0 Å². The topological polar surface area (TPSA) is 110 Å². The lowest BCUT2D eigenvalue weighted by molar-refractivity contribution is -0.161. The summed E-state index contributed by atoms with van der Waals surface area (Å²) in [7, 11) is 1.85. The minimum atomic E-state index is -3.25. The van der Waals surface area contributed by atoms with E-state index in [4.69, 9.17) is 9.84 Å². The average molecular weight is 526 g/mol. The van der Waals surface area contributed by atoms with Gasteiger partial charge in [-0.15, -0.1) is 0 Å². The second-order valence-electron chi connectivity index (χ2n) is 9.92. The summed E-state index contributed by atoms with van der Waals surface area (Å²) in [5.74, 6) is -3.24. The molecule has 0 bridgehead atoms. The fourth-order valence-electron chi connectivity index (χ4n) is 4.87. The SMILES string of the molecule is Cc1cc(-c2ccnc(NC(=O)[C@H]3C[C@@H]3c3cnn(C)c3)c2)ccc1O[C@H]1CCN(C(=O)CO)CC1(F)F. The Morgan fingerprint density at radius 1 is 1.24 bits per heavy atom. The van der Waals surface area contributed by atoms with Crippen molar-refractivity contribution in [2.24, 2.45) is 13.0 Å². The van der Waals surface area contributed by atoms with E-state index in [1.54, 1.807) is 42.2 Å². The fraction of sp³-hybridized carbons (Fsp3) is 0.407. The van der Waals surface area contributed by atoms with Crippen LogP contribution in [0.25, 0.3) is 11.1 Å². The van der Waals surface area contributed by atoms with Crippen LogP contribution in [0.1, 0.15) is 29.9 Å². The number of halogens is 2. The summed E-state index contributed by atoms with van der Waals surface area (Å²) >= 11 is 0. The second-order valence-corrected chi connectivity index (χ2v) is 9.92. The summed E-state index contributed by atoms with van der Waals surface area (Å²) in [4.78, 5) is 29.6. The molecule has 2 aromatic heterocycles. The number of aliphatic hydroxyl groups excluding tert-OH is 1. The van der Waals surface area contributed by atoms with Crippen LogP contribution in [0, 0.1) is 12.8 Å². The van der Waals surface area contributed by atoms with Crippen molar-refractivity contribution < 1.29 is 28.2 Å². The van der Waals surface area contributed by atoms with Gasteiger partial charge in [0.05, 0.1) is 12.7 Å². The van der Waals surface area contributed by atoms with E-state index in [0.29, 0.717) is 17.1 Å². The molecular weight excluding hydrogens is 496 g/mol. The van der Waals surface area contributed by atoms with E-state index in [9.17, 15) is 18.4 Å². The standard InChI is InChI=1S/C27H29F2N5O4/c1-16-9-17(3-4-22(16)38-23-6-8-34(25(36)14-35)15-27(23,28)29)18-5-7-30-24(10-18)32-26(37)21-11-20(21)19-12-31-33(2)13-19/h3-5,7,9-10,12-13,20-21,23,35H,6,8,11,14-15H2,1-2H3,(H,30,32,37)/t20-,21+,23+/m1/s1. The summed E-state index contributed by atoms with van der Waals surface area (Å²) in [6.07, 6.45) is 4.67. The molecular formula is C27H29F2N5O4. The number of benzene rings is 1. The number of nitrogens with zero attached hydrogens (tertiary/aromatic N) is 4. The molecule has 2 N–H and O–H groups in total. The lowest BCUT2D eigenvalue weighted by Crippen LogP contribution is -2.55. The molecule has 3 aromatic rings. The Hall–Kier alpha value is -3.86. The Morgan fingerprint density at radius 3 is 2.71 bits per heavy atom. The summed E-state index contributed by atoms with van der Waals surface area (Å²) in [6.45, 7) is 0.279. The van der Waals surface area contributed by atoms with Crippen LogP contribution < -0.4 is 10.1 Å². The highest BCUT2D eigenvalue weighted by atomic mass is 19.3. The van der Waals surface area contributed by atoms with Gasteiger partial charge in [0.15, 0.2) is 6.10 Å². The molecule has 9 nitrogen and oxygen atoms in total. The van der Waals surface area contributed by atoms with Gasteiger partial charge < -0.3 is 20.1 Å². The maximum absolute atomic E-state index is 14.7. The molecule has 38 heavy (non-hydrogen) atoms. The van der Waals surface area contributed by atoms with Crippen LogP contribution in [0.15, 0.2) is 48.9 Å². The highest BCUT2D eigenvalue weighted by molar-refractivity contribution is 5.95. The summed E-state index contributed by atoms with van der Waals surface area (Å²) in [6, 6.07) is 8.83. The number of carbonyl (C=O) groups excluding carboxylic acids is 2. The summed E-state index contributed by atoms with van der Waals surface area (Å²) in [5, 5.41) is 16.0. The van der Waals surface area contributed by atoms with E-state index in [1.807, 2.05) is 25.4 Å². The highest BCUT2D eigenvalue weighted by Gasteiger charge is 2.48. The largest absolute Gasteiger partial charge is 0.484 e. The Bertz CT molecular complexity index is 1360. The maximum Gasteiger partial charge on any atom is 0.301 e. The normalized spacial score (nSPS) is 22.1. The van der Waals surface area contributed by atoms with Crippen LogP contribution in [0.4, 0.5) is 14.6 Å². The maximum atomic E-state index is 14.7. The van der Waals surface area contributed by atoms with E-state index in [0.717, 1.165) is 28.0 Å². The second kappa shape index (κ2) is 10.1. The summed E-state index contributed by atoms with van der Waals surface area (Å²) in [5.41, 5.74) is 3.36. The van der Waals surface area contributed by atoms with E-state index in [2.05, 4.69) is 15.4 Å². The Kier molecular flexibility index (Phi) is 6.87. The third-order valence-electron chi connectivity index (χ3n) is 7.09. The number of likely N-dealkylation sites (tertiary alicyclic amines) is 1. The molecule has 1 saturated heterocycles. The number of ether oxygens (including phenoxy) is 1. The van der Waals surface area contributed by atoms with Gasteiger partial charge in [-0.25, -0.2) is 13.8 Å². The lowest BCUT2D eigenvalue weighted by atomic mass is 10.0. The molecule has 11 heteroatoms. The van der Waals surface area contributed by atoms with Crippen molar-refractivity contribution in [3.05, 3.63) is 60.0 Å². The van der Waals surface area contributed by atoms with Gasteiger partial charge in [-0.2, -0.15) is 5.10 Å². The van der Waals surface area contributed by atoms with Crippen molar-refractivity contribution in [1.82, 2.24) is 19.7 Å². The Labute approximate surface area is 218 Å². The molecule has 0 spiro atoms. The van der Waals surface area contributed by atoms with Crippen LogP contribution in [-0.4, -0.2) is 68.3 Å². The Morgan fingerprint density at radius 2 is 2.03 bits per heavy atom. The number of amides is 2. The zero-order valence-electron chi connectivity index (χ0n) is 21.1. The van der Waals surface area contributed by atoms with Gasteiger partial charge in [0.2, 0.25) is 11.8 Å². The summed E-state index contributed by atoms with van der Waals surface area (Å²) < 4.78 is 36.7.